The monoisotopic (exact) mass is 465 g/mol. The first-order valence-corrected chi connectivity index (χ1v) is 9.95. The minimum atomic E-state index is -0.797. The second kappa shape index (κ2) is 8.74. The SMILES string of the molecule is COc1cc2c(=O)oc3cc(OC(=O)c4ccc(C)c([N+](=O)[O-])c4)ccc3c2c(OC)c1OC. The van der Waals surface area contributed by atoms with Crippen molar-refractivity contribution in [3.63, 3.8) is 0 Å². The summed E-state index contributed by atoms with van der Waals surface area (Å²) in [7, 11) is 4.33. The van der Waals surface area contributed by atoms with E-state index in [1.165, 1.54) is 51.7 Å². The molecule has 0 unspecified atom stereocenters. The maximum absolute atomic E-state index is 12.7. The van der Waals surface area contributed by atoms with Crippen molar-refractivity contribution in [3.8, 4) is 23.0 Å². The number of esters is 1. The Kier molecular flexibility index (Phi) is 5.80. The van der Waals surface area contributed by atoms with Gasteiger partial charge < -0.3 is 23.4 Å². The third kappa shape index (κ3) is 3.75. The van der Waals surface area contributed by atoms with Crippen LogP contribution in [0.1, 0.15) is 15.9 Å². The molecule has 10 nitrogen and oxygen atoms in total. The van der Waals surface area contributed by atoms with Crippen molar-refractivity contribution in [2.24, 2.45) is 0 Å². The Morgan fingerprint density at radius 3 is 2.32 bits per heavy atom. The van der Waals surface area contributed by atoms with Gasteiger partial charge >= 0.3 is 11.6 Å². The maximum atomic E-state index is 12.7. The van der Waals surface area contributed by atoms with Gasteiger partial charge in [0.1, 0.15) is 11.3 Å². The zero-order valence-electron chi connectivity index (χ0n) is 18.7. The second-order valence-electron chi connectivity index (χ2n) is 7.26. The van der Waals surface area contributed by atoms with E-state index < -0.39 is 16.5 Å². The minimum Gasteiger partial charge on any atom is -0.493 e. The van der Waals surface area contributed by atoms with Crippen molar-refractivity contribution in [1.29, 1.82) is 0 Å². The highest BCUT2D eigenvalue weighted by atomic mass is 16.6. The van der Waals surface area contributed by atoms with E-state index in [9.17, 15) is 19.7 Å². The third-order valence-electron chi connectivity index (χ3n) is 5.33. The molecule has 34 heavy (non-hydrogen) atoms. The number of rotatable bonds is 6. The molecule has 0 bridgehead atoms. The fraction of sp³-hybridized carbons (Fsp3) is 0.167. The van der Waals surface area contributed by atoms with Crippen LogP contribution in [-0.4, -0.2) is 32.2 Å². The van der Waals surface area contributed by atoms with E-state index >= 15 is 0 Å². The molecule has 0 atom stereocenters. The molecule has 0 spiro atoms. The molecule has 10 heteroatoms. The predicted molar refractivity (Wildman–Crippen MR) is 122 cm³/mol. The highest BCUT2D eigenvalue weighted by molar-refractivity contribution is 6.10. The Hall–Kier alpha value is -4.60. The van der Waals surface area contributed by atoms with Crippen LogP contribution in [0.25, 0.3) is 21.7 Å². The Balaban J connectivity index is 1.81. The van der Waals surface area contributed by atoms with Crippen molar-refractivity contribution in [2.75, 3.05) is 21.3 Å². The molecule has 0 radical (unpaired) electrons. The van der Waals surface area contributed by atoms with Gasteiger partial charge in [0.25, 0.3) is 5.69 Å². The summed E-state index contributed by atoms with van der Waals surface area (Å²) in [6.07, 6.45) is 0. The van der Waals surface area contributed by atoms with Crippen LogP contribution in [0.5, 0.6) is 23.0 Å². The van der Waals surface area contributed by atoms with Gasteiger partial charge in [-0.25, -0.2) is 9.59 Å². The standard InChI is InChI=1S/C24H19NO9/c1-12-5-6-13(9-17(12)25(28)29)23(26)33-14-7-8-15-18(10-14)34-24(27)16-11-19(30-2)21(31-3)22(32-4)20(15)16/h5-11H,1-4H3. The van der Waals surface area contributed by atoms with E-state index in [1.807, 2.05) is 0 Å². The summed E-state index contributed by atoms with van der Waals surface area (Å²) in [6, 6.07) is 10.1. The number of carbonyl (C=O) groups excluding carboxylic acids is 1. The molecule has 0 amide bonds. The van der Waals surface area contributed by atoms with Crippen LogP contribution < -0.4 is 24.6 Å². The molecule has 0 saturated carbocycles. The smallest absolute Gasteiger partial charge is 0.344 e. The lowest BCUT2D eigenvalue weighted by Gasteiger charge is -2.15. The fourth-order valence-electron chi connectivity index (χ4n) is 3.70. The topological polar surface area (TPSA) is 127 Å². The van der Waals surface area contributed by atoms with Gasteiger partial charge in [-0.3, -0.25) is 10.1 Å². The van der Waals surface area contributed by atoms with E-state index in [4.69, 9.17) is 23.4 Å². The quantitative estimate of drug-likeness (QED) is 0.102. The summed E-state index contributed by atoms with van der Waals surface area (Å²) in [5.74, 6) is 0.181. The predicted octanol–water partition coefficient (Wildman–Crippen LogP) is 4.41. The number of hydrogen-bond donors (Lipinski definition) is 0. The van der Waals surface area contributed by atoms with Gasteiger partial charge in [0.2, 0.25) is 5.75 Å². The molecule has 0 aliphatic carbocycles. The molecule has 0 saturated heterocycles. The number of nitro benzene ring substituents is 1. The molecular formula is C24H19NO9. The molecule has 0 fully saturated rings. The second-order valence-corrected chi connectivity index (χ2v) is 7.26. The molecule has 0 aliphatic heterocycles. The Morgan fingerprint density at radius 2 is 1.68 bits per heavy atom. The van der Waals surface area contributed by atoms with Crippen molar-refractivity contribution in [1.82, 2.24) is 0 Å². The zero-order chi connectivity index (χ0) is 24.6. The van der Waals surface area contributed by atoms with Crippen molar-refractivity contribution in [3.05, 3.63) is 74.1 Å². The Morgan fingerprint density at radius 1 is 0.941 bits per heavy atom. The number of nitrogens with zero attached hydrogens (tertiary/aromatic N) is 1. The third-order valence-corrected chi connectivity index (χ3v) is 5.33. The van der Waals surface area contributed by atoms with Gasteiger partial charge in [-0.15, -0.1) is 0 Å². The van der Waals surface area contributed by atoms with Crippen molar-refractivity contribution in [2.45, 2.75) is 6.92 Å². The number of nitro groups is 1. The normalized spacial score (nSPS) is 10.8. The lowest BCUT2D eigenvalue weighted by molar-refractivity contribution is -0.385. The summed E-state index contributed by atoms with van der Waals surface area (Å²) in [5, 5.41) is 12.3. The number of hydrogen-bond acceptors (Lipinski definition) is 9. The van der Waals surface area contributed by atoms with E-state index in [2.05, 4.69) is 0 Å². The average Bonchev–Trinajstić information content (AvgIpc) is 2.82. The number of benzene rings is 3. The van der Waals surface area contributed by atoms with Gasteiger partial charge in [0.15, 0.2) is 11.5 Å². The van der Waals surface area contributed by atoms with E-state index in [0.29, 0.717) is 27.8 Å². The molecule has 1 aromatic heterocycles. The molecule has 1 heterocycles. The van der Waals surface area contributed by atoms with Crippen LogP contribution in [0.2, 0.25) is 0 Å². The van der Waals surface area contributed by atoms with Crippen molar-refractivity contribution >= 4 is 33.4 Å². The lowest BCUT2D eigenvalue weighted by atomic mass is 10.0. The fourth-order valence-corrected chi connectivity index (χ4v) is 3.70. The van der Waals surface area contributed by atoms with Crippen molar-refractivity contribution < 1.29 is 33.1 Å². The maximum Gasteiger partial charge on any atom is 0.344 e. The number of aryl methyl sites for hydroxylation is 1. The van der Waals surface area contributed by atoms with Gasteiger partial charge in [-0.05, 0) is 31.2 Å². The summed E-state index contributed by atoms with van der Waals surface area (Å²) in [6.45, 7) is 1.57. The van der Waals surface area contributed by atoms with Gasteiger partial charge in [0.05, 0.1) is 37.2 Å². The summed E-state index contributed by atoms with van der Waals surface area (Å²) < 4.78 is 27.1. The molecule has 174 valence electrons. The average molecular weight is 465 g/mol. The molecule has 3 aromatic carbocycles. The highest BCUT2D eigenvalue weighted by Crippen LogP contribution is 2.45. The molecule has 4 rings (SSSR count). The van der Waals surface area contributed by atoms with Gasteiger partial charge in [-0.2, -0.15) is 0 Å². The molecular weight excluding hydrogens is 446 g/mol. The number of methoxy groups -OCH3 is 3. The molecule has 0 N–H and O–H groups in total. The van der Waals surface area contributed by atoms with Crippen LogP contribution in [0, 0.1) is 17.0 Å². The summed E-state index contributed by atoms with van der Waals surface area (Å²) in [4.78, 5) is 35.9. The van der Waals surface area contributed by atoms with Crippen LogP contribution in [0.4, 0.5) is 5.69 Å². The molecule has 0 aliphatic rings. The Labute approximate surface area is 192 Å². The van der Waals surface area contributed by atoms with E-state index in [1.54, 1.807) is 13.0 Å². The molecule has 4 aromatic rings. The number of ether oxygens (including phenoxy) is 4. The Bertz CT molecular complexity index is 1520. The van der Waals surface area contributed by atoms with Crippen LogP contribution in [0.3, 0.4) is 0 Å². The van der Waals surface area contributed by atoms with Gasteiger partial charge in [-0.1, -0.05) is 6.07 Å². The van der Waals surface area contributed by atoms with E-state index in [-0.39, 0.29) is 33.7 Å². The van der Waals surface area contributed by atoms with Crippen LogP contribution in [-0.2, 0) is 0 Å². The summed E-state index contributed by atoms with van der Waals surface area (Å²) >= 11 is 0. The first kappa shape index (κ1) is 22.6. The first-order chi connectivity index (χ1) is 16.3. The first-order valence-electron chi connectivity index (χ1n) is 9.95. The highest BCUT2D eigenvalue weighted by Gasteiger charge is 2.22. The largest absolute Gasteiger partial charge is 0.493 e. The zero-order valence-corrected chi connectivity index (χ0v) is 18.7. The number of carbonyl (C=O) groups is 1. The van der Waals surface area contributed by atoms with Crippen LogP contribution in [0.15, 0.2) is 51.7 Å². The van der Waals surface area contributed by atoms with E-state index in [0.717, 1.165) is 6.07 Å². The minimum absolute atomic E-state index is 0.0101. The number of fused-ring (bicyclic) bond motifs is 3. The van der Waals surface area contributed by atoms with Gasteiger partial charge in [0, 0.05) is 28.5 Å². The summed E-state index contributed by atoms with van der Waals surface area (Å²) in [5.41, 5.74) is -0.276. The lowest BCUT2D eigenvalue weighted by Crippen LogP contribution is -2.09. The van der Waals surface area contributed by atoms with Crippen LogP contribution >= 0.6 is 0 Å².